The summed E-state index contributed by atoms with van der Waals surface area (Å²) in [4.78, 5) is 62.8. The lowest BCUT2D eigenvalue weighted by atomic mass is 9.80. The standard InChI is InChI=1S/C33H32N4O10/c1-19-27(32(42)46-16-14-34-30(40)23-10-3-5-12-25(23)38)29(21-8-7-9-22(18-21)37(44)45)28(20(2)36-19)33(43)47-17-15-35-31(41)24-11-4-6-13-26(24)39/h3-13,18,29,36,38-39H,14-17H2,1-2H3,(H,34,40)(H,35,41). The van der Waals surface area contributed by atoms with E-state index in [2.05, 4.69) is 16.0 Å². The average molecular weight is 645 g/mol. The van der Waals surface area contributed by atoms with Crippen molar-refractivity contribution in [2.75, 3.05) is 26.3 Å². The zero-order valence-electron chi connectivity index (χ0n) is 25.4. The van der Waals surface area contributed by atoms with Crippen LogP contribution in [0.3, 0.4) is 0 Å². The van der Waals surface area contributed by atoms with Crippen LogP contribution in [0, 0.1) is 10.1 Å². The molecule has 5 N–H and O–H groups in total. The number of nitro benzene ring substituents is 1. The molecule has 1 heterocycles. The summed E-state index contributed by atoms with van der Waals surface area (Å²) in [6, 6.07) is 17.4. The van der Waals surface area contributed by atoms with Crippen LogP contribution in [0.5, 0.6) is 11.5 Å². The number of benzene rings is 3. The normalized spacial score (nSPS) is 13.0. The third-order valence-electron chi connectivity index (χ3n) is 7.15. The molecule has 2 amide bonds. The maximum absolute atomic E-state index is 13.5. The summed E-state index contributed by atoms with van der Waals surface area (Å²) in [6.07, 6.45) is 0. The predicted molar refractivity (Wildman–Crippen MR) is 167 cm³/mol. The number of nitrogens with zero attached hydrogens (tertiary/aromatic N) is 1. The van der Waals surface area contributed by atoms with Crippen LogP contribution < -0.4 is 16.0 Å². The number of amides is 2. The quantitative estimate of drug-likeness (QED) is 0.0837. The van der Waals surface area contributed by atoms with Gasteiger partial charge in [0.05, 0.1) is 46.2 Å². The van der Waals surface area contributed by atoms with Crippen molar-refractivity contribution in [3.05, 3.63) is 122 Å². The smallest absolute Gasteiger partial charge is 0.336 e. The zero-order chi connectivity index (χ0) is 34.1. The van der Waals surface area contributed by atoms with Gasteiger partial charge >= 0.3 is 11.9 Å². The Labute approximate surface area is 268 Å². The molecule has 14 nitrogen and oxygen atoms in total. The highest BCUT2D eigenvalue weighted by molar-refractivity contribution is 6.00. The molecule has 1 aliphatic heterocycles. The van der Waals surface area contributed by atoms with Crippen LogP contribution in [0.15, 0.2) is 95.3 Å². The van der Waals surface area contributed by atoms with Crippen molar-refractivity contribution in [2.24, 2.45) is 0 Å². The third kappa shape index (κ3) is 8.11. The number of para-hydroxylation sites is 2. The second-order valence-corrected chi connectivity index (χ2v) is 10.3. The number of ether oxygens (including phenoxy) is 2. The number of carbonyl (C=O) groups is 4. The fraction of sp³-hybridized carbons (Fsp3) is 0.212. The molecular formula is C33H32N4O10. The van der Waals surface area contributed by atoms with E-state index in [0.29, 0.717) is 11.4 Å². The van der Waals surface area contributed by atoms with E-state index in [4.69, 9.17) is 9.47 Å². The first kappa shape index (κ1) is 33.7. The van der Waals surface area contributed by atoms with Gasteiger partial charge in [0.25, 0.3) is 17.5 Å². The van der Waals surface area contributed by atoms with Gasteiger partial charge in [-0.25, -0.2) is 9.59 Å². The maximum atomic E-state index is 13.5. The maximum Gasteiger partial charge on any atom is 0.336 e. The lowest BCUT2D eigenvalue weighted by Crippen LogP contribution is -2.34. The number of phenols is 2. The number of nitrogens with one attached hydrogen (secondary N) is 3. The largest absolute Gasteiger partial charge is 0.507 e. The van der Waals surface area contributed by atoms with E-state index in [1.807, 2.05) is 0 Å². The second kappa shape index (κ2) is 15.2. The van der Waals surface area contributed by atoms with E-state index < -0.39 is 34.6 Å². The summed E-state index contributed by atoms with van der Waals surface area (Å²) in [7, 11) is 0. The van der Waals surface area contributed by atoms with Crippen LogP contribution in [0.1, 0.15) is 46.0 Å². The molecule has 0 radical (unpaired) electrons. The Hall–Kier alpha value is -6.18. The molecule has 14 heteroatoms. The molecule has 47 heavy (non-hydrogen) atoms. The van der Waals surface area contributed by atoms with Crippen molar-refractivity contribution in [3.63, 3.8) is 0 Å². The Morgan fingerprint density at radius 1 is 0.766 bits per heavy atom. The van der Waals surface area contributed by atoms with Gasteiger partial charge in [0.2, 0.25) is 0 Å². The highest BCUT2D eigenvalue weighted by Crippen LogP contribution is 2.40. The number of rotatable bonds is 12. The van der Waals surface area contributed by atoms with Gasteiger partial charge in [-0.15, -0.1) is 0 Å². The molecule has 0 bridgehead atoms. The van der Waals surface area contributed by atoms with Gasteiger partial charge in [-0.1, -0.05) is 36.4 Å². The van der Waals surface area contributed by atoms with Crippen molar-refractivity contribution in [2.45, 2.75) is 19.8 Å². The number of allylic oxidation sites excluding steroid dienone is 2. The van der Waals surface area contributed by atoms with Gasteiger partial charge in [0.15, 0.2) is 0 Å². The fourth-order valence-corrected chi connectivity index (χ4v) is 4.98. The van der Waals surface area contributed by atoms with Crippen LogP contribution >= 0.6 is 0 Å². The van der Waals surface area contributed by atoms with Crippen LogP contribution in [0.4, 0.5) is 5.69 Å². The topological polar surface area (TPSA) is 206 Å². The summed E-state index contributed by atoms with van der Waals surface area (Å²) in [5, 5.41) is 39.4. The number of hydrogen-bond acceptors (Lipinski definition) is 11. The number of phenolic OH excluding ortho intramolecular Hbond substituents is 2. The van der Waals surface area contributed by atoms with E-state index in [-0.39, 0.29) is 71.3 Å². The van der Waals surface area contributed by atoms with E-state index in [9.17, 15) is 39.5 Å². The van der Waals surface area contributed by atoms with E-state index in [1.54, 1.807) is 38.1 Å². The van der Waals surface area contributed by atoms with Crippen LogP contribution in [0.25, 0.3) is 0 Å². The van der Waals surface area contributed by atoms with Crippen molar-refractivity contribution < 1.29 is 43.8 Å². The number of hydrogen-bond donors (Lipinski definition) is 5. The van der Waals surface area contributed by atoms with Gasteiger partial charge in [-0.3, -0.25) is 19.7 Å². The molecule has 0 saturated carbocycles. The predicted octanol–water partition coefficient (Wildman–Crippen LogP) is 3.19. The van der Waals surface area contributed by atoms with Crippen molar-refractivity contribution in [1.82, 2.24) is 16.0 Å². The molecule has 0 saturated heterocycles. The monoisotopic (exact) mass is 644 g/mol. The third-order valence-corrected chi connectivity index (χ3v) is 7.15. The van der Waals surface area contributed by atoms with Crippen molar-refractivity contribution >= 4 is 29.4 Å². The van der Waals surface area contributed by atoms with Crippen molar-refractivity contribution in [3.8, 4) is 11.5 Å². The molecule has 244 valence electrons. The number of dihydropyridines is 1. The molecule has 0 fully saturated rings. The highest BCUT2D eigenvalue weighted by atomic mass is 16.6. The van der Waals surface area contributed by atoms with E-state index in [0.717, 1.165) is 0 Å². The minimum atomic E-state index is -1.14. The zero-order valence-corrected chi connectivity index (χ0v) is 25.4. The lowest BCUT2D eigenvalue weighted by molar-refractivity contribution is -0.384. The molecule has 1 aliphatic rings. The first-order chi connectivity index (χ1) is 22.5. The molecule has 3 aromatic carbocycles. The molecule has 4 rings (SSSR count). The highest BCUT2D eigenvalue weighted by Gasteiger charge is 2.38. The molecule has 0 aromatic heterocycles. The van der Waals surface area contributed by atoms with Gasteiger partial charge in [-0.2, -0.15) is 0 Å². The van der Waals surface area contributed by atoms with Gasteiger partial charge in [0, 0.05) is 23.5 Å². The number of aromatic hydroxyl groups is 2. The minimum Gasteiger partial charge on any atom is -0.507 e. The summed E-state index contributed by atoms with van der Waals surface area (Å²) < 4.78 is 10.9. The Bertz CT molecular complexity index is 1680. The van der Waals surface area contributed by atoms with E-state index in [1.165, 1.54) is 48.5 Å². The van der Waals surface area contributed by atoms with Gasteiger partial charge in [0.1, 0.15) is 24.7 Å². The van der Waals surface area contributed by atoms with Crippen LogP contribution in [0.2, 0.25) is 0 Å². The molecule has 0 aliphatic carbocycles. The number of non-ortho nitro benzene ring substituents is 1. The summed E-state index contributed by atoms with van der Waals surface area (Å²) in [6.45, 7) is 2.43. The Morgan fingerprint density at radius 2 is 1.23 bits per heavy atom. The SMILES string of the molecule is CC1=C(C(=O)OCCNC(=O)c2ccccc2O)C(c2cccc([N+](=O)[O-])c2)C(C(=O)OCCNC(=O)c2ccccc2O)=C(C)N1. The van der Waals surface area contributed by atoms with Crippen LogP contribution in [-0.2, 0) is 19.1 Å². The molecule has 0 unspecified atom stereocenters. The minimum absolute atomic E-state index is 0.0112. The number of carbonyl (C=O) groups excluding carboxylic acids is 4. The fourth-order valence-electron chi connectivity index (χ4n) is 4.98. The van der Waals surface area contributed by atoms with Gasteiger partial charge in [-0.05, 0) is 43.7 Å². The summed E-state index contributed by atoms with van der Waals surface area (Å²) in [5.41, 5.74) is 0.699. The molecule has 0 spiro atoms. The van der Waals surface area contributed by atoms with Crippen LogP contribution in [-0.4, -0.2) is 65.2 Å². The molecule has 3 aromatic rings. The summed E-state index contributed by atoms with van der Waals surface area (Å²) >= 11 is 0. The molecule has 0 atom stereocenters. The lowest BCUT2D eigenvalue weighted by Gasteiger charge is -2.30. The molecular weight excluding hydrogens is 612 g/mol. The summed E-state index contributed by atoms with van der Waals surface area (Å²) in [5.74, 6) is -4.42. The van der Waals surface area contributed by atoms with Gasteiger partial charge < -0.3 is 35.6 Å². The number of esters is 2. The first-order valence-corrected chi connectivity index (χ1v) is 14.4. The Balaban J connectivity index is 1.50. The Kier molecular flexibility index (Phi) is 10.9. The van der Waals surface area contributed by atoms with E-state index >= 15 is 0 Å². The average Bonchev–Trinajstić information content (AvgIpc) is 3.04. The first-order valence-electron chi connectivity index (χ1n) is 14.4. The second-order valence-electron chi connectivity index (χ2n) is 10.3. The number of nitro groups is 1. The van der Waals surface area contributed by atoms with Crippen molar-refractivity contribution in [1.29, 1.82) is 0 Å². The Morgan fingerprint density at radius 3 is 1.68 bits per heavy atom.